The van der Waals surface area contributed by atoms with Crippen molar-refractivity contribution >= 4 is 23.7 Å². The highest BCUT2D eigenvalue weighted by Crippen LogP contribution is 2.24. The van der Waals surface area contributed by atoms with Crippen molar-refractivity contribution in [2.45, 2.75) is 45.4 Å². The maximum Gasteiger partial charge on any atom is 0.328 e. The molecule has 9 heteroatoms. The molecule has 2 atom stereocenters. The highest BCUT2D eigenvalue weighted by molar-refractivity contribution is 6.00. The fourth-order valence-corrected chi connectivity index (χ4v) is 3.16. The number of likely N-dealkylation sites (tertiary alicyclic amines) is 1. The van der Waals surface area contributed by atoms with Crippen LogP contribution < -0.4 is 0 Å². The zero-order valence-corrected chi connectivity index (χ0v) is 15.3. The minimum absolute atomic E-state index is 0.163. The van der Waals surface area contributed by atoms with E-state index in [2.05, 4.69) is 10.1 Å². The molecule has 0 aliphatic carbocycles. The van der Waals surface area contributed by atoms with Gasteiger partial charge in [-0.15, -0.1) is 5.10 Å². The Labute approximate surface area is 156 Å². The van der Waals surface area contributed by atoms with E-state index >= 15 is 0 Å². The predicted octanol–water partition coefficient (Wildman–Crippen LogP) is 0.892. The number of amides is 2. The molecule has 2 amide bonds. The summed E-state index contributed by atoms with van der Waals surface area (Å²) in [7, 11) is 0. The van der Waals surface area contributed by atoms with Crippen LogP contribution in [-0.2, 0) is 23.9 Å². The van der Waals surface area contributed by atoms with Crippen molar-refractivity contribution < 1.29 is 23.9 Å². The number of carbonyl (C=O) groups excluding carboxylic acids is 3. The molecule has 0 aromatic carbocycles. The number of hydrogen-bond acceptors (Lipinski definition) is 7. The number of aromatic nitrogens is 1. The predicted molar refractivity (Wildman–Crippen MR) is 94.2 cm³/mol. The Hall–Kier alpha value is -2.97. The van der Waals surface area contributed by atoms with Gasteiger partial charge in [-0.2, -0.15) is 5.01 Å². The number of piperidine rings is 1. The Kier molecular flexibility index (Phi) is 5.68. The van der Waals surface area contributed by atoms with Gasteiger partial charge < -0.3 is 14.4 Å². The molecule has 1 aromatic heterocycles. The number of hydrogen-bond donors (Lipinski definition) is 0. The lowest BCUT2D eigenvalue weighted by Gasteiger charge is -2.35. The zero-order valence-electron chi connectivity index (χ0n) is 15.3. The van der Waals surface area contributed by atoms with Crippen molar-refractivity contribution in [2.24, 2.45) is 5.10 Å². The lowest BCUT2D eigenvalue weighted by Crippen LogP contribution is -2.55. The number of esters is 1. The van der Waals surface area contributed by atoms with Gasteiger partial charge in [-0.05, 0) is 38.3 Å². The smallest absolute Gasteiger partial charge is 0.328 e. The van der Waals surface area contributed by atoms with Gasteiger partial charge in [-0.25, -0.2) is 4.79 Å². The van der Waals surface area contributed by atoms with E-state index in [1.165, 1.54) is 11.8 Å². The lowest BCUT2D eigenvalue weighted by atomic mass is 10.0. The standard InChI is InChI=1S/C18H22N4O5/c1-3-26-18(25)14-6-4-5-11-21(14)16(24)17-22(12(2)23)20-15(27-17)13-7-9-19-10-8-13/h7-10,14,17H,3-6,11H2,1-2H3. The van der Waals surface area contributed by atoms with E-state index < -0.39 is 30.1 Å². The van der Waals surface area contributed by atoms with E-state index in [0.717, 1.165) is 17.9 Å². The Balaban J connectivity index is 1.82. The van der Waals surface area contributed by atoms with Crippen molar-refractivity contribution in [2.75, 3.05) is 13.2 Å². The largest absolute Gasteiger partial charge is 0.464 e. The van der Waals surface area contributed by atoms with Crippen LogP contribution in [0.3, 0.4) is 0 Å². The molecule has 9 nitrogen and oxygen atoms in total. The summed E-state index contributed by atoms with van der Waals surface area (Å²) in [4.78, 5) is 42.7. The number of nitrogens with zero attached hydrogens (tertiary/aromatic N) is 4. The van der Waals surface area contributed by atoms with Crippen LogP contribution in [0, 0.1) is 0 Å². The van der Waals surface area contributed by atoms with Gasteiger partial charge >= 0.3 is 5.97 Å². The van der Waals surface area contributed by atoms with Crippen molar-refractivity contribution in [1.82, 2.24) is 14.9 Å². The summed E-state index contributed by atoms with van der Waals surface area (Å²) in [6.45, 7) is 3.67. The molecule has 0 saturated carbocycles. The summed E-state index contributed by atoms with van der Waals surface area (Å²) in [5.41, 5.74) is 0.604. The van der Waals surface area contributed by atoms with E-state index in [1.54, 1.807) is 31.5 Å². The summed E-state index contributed by atoms with van der Waals surface area (Å²) in [6.07, 6.45) is 4.02. The van der Waals surface area contributed by atoms with Crippen LogP contribution in [0.1, 0.15) is 38.7 Å². The molecule has 1 saturated heterocycles. The average molecular weight is 374 g/mol. The third kappa shape index (κ3) is 3.91. The minimum Gasteiger partial charge on any atom is -0.464 e. The fraction of sp³-hybridized carbons (Fsp3) is 0.500. The first-order valence-corrected chi connectivity index (χ1v) is 8.95. The van der Waals surface area contributed by atoms with E-state index in [9.17, 15) is 14.4 Å². The van der Waals surface area contributed by atoms with Gasteiger partial charge in [-0.3, -0.25) is 14.6 Å². The highest BCUT2D eigenvalue weighted by Gasteiger charge is 2.44. The molecule has 3 heterocycles. The van der Waals surface area contributed by atoms with Gasteiger partial charge in [0.05, 0.1) is 6.61 Å². The van der Waals surface area contributed by atoms with E-state index in [0.29, 0.717) is 18.5 Å². The van der Waals surface area contributed by atoms with Gasteiger partial charge in [0.25, 0.3) is 12.1 Å². The second-order valence-electron chi connectivity index (χ2n) is 6.27. The average Bonchev–Trinajstić information content (AvgIpc) is 3.14. The van der Waals surface area contributed by atoms with Gasteiger partial charge in [0.2, 0.25) is 11.8 Å². The topological polar surface area (TPSA) is 101 Å². The third-order valence-corrected chi connectivity index (χ3v) is 4.45. The summed E-state index contributed by atoms with van der Waals surface area (Å²) >= 11 is 0. The molecule has 27 heavy (non-hydrogen) atoms. The summed E-state index contributed by atoms with van der Waals surface area (Å²) in [5.74, 6) is -1.18. The molecule has 144 valence electrons. The molecule has 3 rings (SSSR count). The molecule has 0 bridgehead atoms. The zero-order chi connectivity index (χ0) is 19.4. The Morgan fingerprint density at radius 3 is 2.67 bits per heavy atom. The Morgan fingerprint density at radius 2 is 2.00 bits per heavy atom. The maximum atomic E-state index is 13.1. The van der Waals surface area contributed by atoms with Crippen LogP contribution in [0.2, 0.25) is 0 Å². The first kappa shape index (κ1) is 18.8. The van der Waals surface area contributed by atoms with Crippen molar-refractivity contribution in [3.05, 3.63) is 30.1 Å². The third-order valence-electron chi connectivity index (χ3n) is 4.45. The molecule has 0 N–H and O–H groups in total. The molecule has 1 aromatic rings. The molecular formula is C18H22N4O5. The molecule has 2 aliphatic rings. The van der Waals surface area contributed by atoms with Crippen LogP contribution in [-0.4, -0.2) is 64.0 Å². The fourth-order valence-electron chi connectivity index (χ4n) is 3.16. The molecular weight excluding hydrogens is 352 g/mol. The van der Waals surface area contributed by atoms with Gasteiger partial charge in [0.1, 0.15) is 6.04 Å². The first-order chi connectivity index (χ1) is 13.0. The molecule has 2 unspecified atom stereocenters. The molecule has 1 fully saturated rings. The summed E-state index contributed by atoms with van der Waals surface area (Å²) in [5, 5.41) is 5.16. The number of rotatable bonds is 4. The van der Waals surface area contributed by atoms with Crippen LogP contribution in [0.25, 0.3) is 0 Å². The highest BCUT2D eigenvalue weighted by atomic mass is 16.5. The van der Waals surface area contributed by atoms with Crippen LogP contribution in [0.5, 0.6) is 0 Å². The molecule has 0 spiro atoms. The Morgan fingerprint density at radius 1 is 1.26 bits per heavy atom. The maximum absolute atomic E-state index is 13.1. The molecule has 0 radical (unpaired) electrons. The van der Waals surface area contributed by atoms with Crippen LogP contribution in [0.4, 0.5) is 0 Å². The quantitative estimate of drug-likeness (QED) is 0.726. The van der Waals surface area contributed by atoms with Crippen molar-refractivity contribution in [3.8, 4) is 0 Å². The minimum atomic E-state index is -1.24. The van der Waals surface area contributed by atoms with E-state index in [-0.39, 0.29) is 12.5 Å². The SMILES string of the molecule is CCOC(=O)C1CCCCN1C(=O)C1OC(c2ccncc2)=NN1C(C)=O. The van der Waals surface area contributed by atoms with Crippen molar-refractivity contribution in [1.29, 1.82) is 0 Å². The van der Waals surface area contributed by atoms with Crippen molar-refractivity contribution in [3.63, 3.8) is 0 Å². The van der Waals surface area contributed by atoms with Gasteiger partial charge in [0, 0.05) is 31.4 Å². The summed E-state index contributed by atoms with van der Waals surface area (Å²) < 4.78 is 10.8. The first-order valence-electron chi connectivity index (χ1n) is 8.95. The van der Waals surface area contributed by atoms with E-state index in [1.807, 2.05) is 0 Å². The second kappa shape index (κ2) is 8.15. The molecule has 2 aliphatic heterocycles. The Bertz CT molecular complexity index is 751. The number of ether oxygens (including phenoxy) is 2. The number of hydrazone groups is 1. The number of pyridine rings is 1. The van der Waals surface area contributed by atoms with Gasteiger partial charge in [0.15, 0.2) is 0 Å². The number of carbonyl (C=O) groups is 3. The van der Waals surface area contributed by atoms with Crippen LogP contribution >= 0.6 is 0 Å². The van der Waals surface area contributed by atoms with Crippen LogP contribution in [0.15, 0.2) is 29.6 Å². The lowest BCUT2D eigenvalue weighted by molar-refractivity contribution is -0.164. The second-order valence-corrected chi connectivity index (χ2v) is 6.27. The summed E-state index contributed by atoms with van der Waals surface area (Å²) in [6, 6.07) is 2.67. The monoisotopic (exact) mass is 374 g/mol. The van der Waals surface area contributed by atoms with Gasteiger partial charge in [-0.1, -0.05) is 0 Å². The normalized spacial score (nSPS) is 22.1. The van der Waals surface area contributed by atoms with E-state index in [4.69, 9.17) is 9.47 Å².